The second kappa shape index (κ2) is 16.5. The number of nitrogens with two attached hydrogens (primary N) is 1. The number of hydrogen-bond acceptors (Lipinski definition) is 9. The topological polar surface area (TPSA) is 166 Å². The number of carbonyl (C=O) groups excluding carboxylic acids is 1. The maximum Gasteiger partial charge on any atom is 0.305 e. The first-order valence-electron chi connectivity index (χ1n) is 16.2. The first kappa shape index (κ1) is 36.2. The van der Waals surface area contributed by atoms with E-state index in [0.717, 1.165) is 24.0 Å². The van der Waals surface area contributed by atoms with Gasteiger partial charge in [-0.05, 0) is 54.8 Å². The molecular weight excluding hydrogens is 622 g/mol. The normalized spacial score (nSPS) is 15.4. The van der Waals surface area contributed by atoms with Gasteiger partial charge in [0.05, 0.1) is 30.2 Å². The minimum Gasteiger partial charge on any atom is -0.481 e. The molecule has 0 bridgehead atoms. The Morgan fingerprint density at radius 2 is 1.72 bits per heavy atom. The Labute approximate surface area is 277 Å². The Kier molecular flexibility index (Phi) is 12.7. The molecule has 4 rings (SSSR count). The fourth-order valence-corrected chi connectivity index (χ4v) is 7.53. The van der Waals surface area contributed by atoms with Gasteiger partial charge in [0.2, 0.25) is 15.9 Å². The summed E-state index contributed by atoms with van der Waals surface area (Å²) >= 11 is 0. The highest BCUT2D eigenvalue weighted by atomic mass is 32.2. The van der Waals surface area contributed by atoms with E-state index in [9.17, 15) is 23.1 Å². The number of benzene rings is 2. The first-order chi connectivity index (χ1) is 22.5. The standard InChI is InChI=1S/C34H47N5O7S/c1-4-11-38(12-5-2)34(43)29-16-27-8-6-25(17-30(27)36-32(35)19-29)26-7-9-28(22-37(3)13-15-46-14-10-33(41)42)31(18-26)47(44,45)39-20-24(21-39)23-40/h6-9,16-18,24,40H,4-5,10-15,19-23H2,1-3H3,(H2,35,36)(H,41,42). The summed E-state index contributed by atoms with van der Waals surface area (Å²) in [6.07, 6.45) is 3.73. The van der Waals surface area contributed by atoms with Gasteiger partial charge in [-0.2, -0.15) is 4.31 Å². The van der Waals surface area contributed by atoms with Gasteiger partial charge < -0.3 is 25.6 Å². The number of carboxylic acids is 1. The van der Waals surface area contributed by atoms with E-state index in [1.54, 1.807) is 6.07 Å². The third-order valence-electron chi connectivity index (χ3n) is 8.26. The van der Waals surface area contributed by atoms with E-state index >= 15 is 0 Å². The molecule has 2 aromatic rings. The minimum atomic E-state index is -3.86. The number of ether oxygens (including phenoxy) is 1. The molecule has 2 heterocycles. The van der Waals surface area contributed by atoms with Gasteiger partial charge in [-0.3, -0.25) is 14.5 Å². The van der Waals surface area contributed by atoms with Crippen molar-refractivity contribution in [1.29, 1.82) is 0 Å². The van der Waals surface area contributed by atoms with Gasteiger partial charge in [0.15, 0.2) is 0 Å². The lowest BCUT2D eigenvalue weighted by Crippen LogP contribution is -2.51. The highest BCUT2D eigenvalue weighted by Gasteiger charge is 2.37. The summed E-state index contributed by atoms with van der Waals surface area (Å²) in [5, 5.41) is 18.3. The van der Waals surface area contributed by atoms with Crippen LogP contribution >= 0.6 is 0 Å². The zero-order valence-corrected chi connectivity index (χ0v) is 28.3. The summed E-state index contributed by atoms with van der Waals surface area (Å²) in [5.41, 5.74) is 10.3. The molecule has 13 heteroatoms. The van der Waals surface area contributed by atoms with Gasteiger partial charge in [0.1, 0.15) is 5.84 Å². The molecule has 0 radical (unpaired) electrons. The Hall–Kier alpha value is -3.62. The molecule has 1 amide bonds. The molecule has 12 nitrogen and oxygen atoms in total. The van der Waals surface area contributed by atoms with Gasteiger partial charge in [0.25, 0.3) is 0 Å². The quantitative estimate of drug-likeness (QED) is 0.214. The molecule has 2 aliphatic heterocycles. The molecule has 0 unspecified atom stereocenters. The maximum atomic E-state index is 13.9. The number of fused-ring (bicyclic) bond motifs is 1. The number of sulfonamides is 1. The molecule has 0 spiro atoms. The van der Waals surface area contributed by atoms with Crippen LogP contribution in [0.2, 0.25) is 0 Å². The molecule has 0 aliphatic carbocycles. The molecule has 1 fully saturated rings. The van der Waals surface area contributed by atoms with E-state index in [1.807, 2.05) is 67.1 Å². The van der Waals surface area contributed by atoms with Crippen molar-refractivity contribution in [3.05, 3.63) is 53.1 Å². The van der Waals surface area contributed by atoms with Crippen molar-refractivity contribution in [2.24, 2.45) is 16.6 Å². The van der Waals surface area contributed by atoms with E-state index in [2.05, 4.69) is 4.99 Å². The van der Waals surface area contributed by atoms with Crippen LogP contribution in [-0.2, 0) is 30.9 Å². The number of carboxylic acid groups (broad SMARTS) is 1. The second-order valence-electron chi connectivity index (χ2n) is 12.2. The number of hydrogen-bond donors (Lipinski definition) is 3. The molecule has 0 atom stereocenters. The predicted octanol–water partition coefficient (Wildman–Crippen LogP) is 3.31. The van der Waals surface area contributed by atoms with E-state index in [-0.39, 0.29) is 55.9 Å². The number of aliphatic hydroxyl groups excluding tert-OH is 1. The lowest BCUT2D eigenvalue weighted by Gasteiger charge is -2.37. The molecule has 256 valence electrons. The maximum absolute atomic E-state index is 13.9. The lowest BCUT2D eigenvalue weighted by atomic mass is 9.99. The number of rotatable bonds is 17. The second-order valence-corrected chi connectivity index (χ2v) is 14.1. The molecule has 47 heavy (non-hydrogen) atoms. The van der Waals surface area contributed by atoms with Crippen LogP contribution in [0.1, 0.15) is 50.7 Å². The monoisotopic (exact) mass is 669 g/mol. The molecule has 0 saturated carbocycles. The summed E-state index contributed by atoms with van der Waals surface area (Å²) in [7, 11) is -2.01. The van der Waals surface area contributed by atoms with E-state index in [0.29, 0.717) is 61.0 Å². The number of likely N-dealkylation sites (N-methyl/N-ethyl adjacent to an activating group) is 1. The largest absolute Gasteiger partial charge is 0.481 e. The number of aliphatic imine (C=N–C) groups is 1. The number of amidine groups is 1. The Bertz CT molecular complexity index is 1600. The fourth-order valence-electron chi connectivity index (χ4n) is 5.70. The number of amides is 1. The number of aliphatic carboxylic acids is 1. The van der Waals surface area contributed by atoms with Gasteiger partial charge in [-0.25, -0.2) is 13.4 Å². The Morgan fingerprint density at radius 3 is 2.38 bits per heavy atom. The lowest BCUT2D eigenvalue weighted by molar-refractivity contribution is -0.138. The predicted molar refractivity (Wildman–Crippen MR) is 182 cm³/mol. The van der Waals surface area contributed by atoms with Crippen LogP contribution in [0.15, 0.2) is 51.9 Å². The highest BCUT2D eigenvalue weighted by molar-refractivity contribution is 7.89. The van der Waals surface area contributed by atoms with Crippen LogP contribution in [0, 0.1) is 5.92 Å². The summed E-state index contributed by atoms with van der Waals surface area (Å²) in [5.74, 6) is -0.723. The number of aliphatic hydroxyl groups is 1. The zero-order chi connectivity index (χ0) is 34.1. The first-order valence-corrected chi connectivity index (χ1v) is 17.6. The van der Waals surface area contributed by atoms with E-state index in [1.165, 1.54) is 4.31 Å². The molecule has 1 saturated heterocycles. The van der Waals surface area contributed by atoms with Crippen molar-refractivity contribution >= 4 is 39.5 Å². The van der Waals surface area contributed by atoms with Crippen molar-refractivity contribution in [3.8, 4) is 11.1 Å². The Morgan fingerprint density at radius 1 is 1.04 bits per heavy atom. The van der Waals surface area contributed by atoms with Crippen molar-refractivity contribution in [1.82, 2.24) is 14.1 Å². The van der Waals surface area contributed by atoms with E-state index in [4.69, 9.17) is 15.6 Å². The number of carbonyl (C=O) groups is 2. The highest BCUT2D eigenvalue weighted by Crippen LogP contribution is 2.35. The summed E-state index contributed by atoms with van der Waals surface area (Å²) in [6, 6.07) is 11.0. The zero-order valence-electron chi connectivity index (χ0n) is 27.5. The van der Waals surface area contributed by atoms with Gasteiger partial charge >= 0.3 is 5.97 Å². The summed E-state index contributed by atoms with van der Waals surface area (Å²) < 4.78 is 34.5. The van der Waals surface area contributed by atoms with Crippen molar-refractivity contribution in [3.63, 3.8) is 0 Å². The van der Waals surface area contributed by atoms with Gasteiger partial charge in [-0.15, -0.1) is 0 Å². The van der Waals surface area contributed by atoms with E-state index < -0.39 is 16.0 Å². The number of nitrogens with zero attached hydrogens (tertiary/aromatic N) is 4. The van der Waals surface area contributed by atoms with Crippen LogP contribution in [0.5, 0.6) is 0 Å². The molecular formula is C34H47N5O7S. The van der Waals surface area contributed by atoms with Crippen LogP contribution in [0.3, 0.4) is 0 Å². The summed E-state index contributed by atoms with van der Waals surface area (Å²) in [6.45, 7) is 7.09. The fraction of sp³-hybridized carbons (Fsp3) is 0.500. The van der Waals surface area contributed by atoms with Crippen molar-refractivity contribution in [2.45, 2.75) is 51.0 Å². The van der Waals surface area contributed by atoms with Crippen molar-refractivity contribution < 1.29 is 33.0 Å². The molecule has 2 aliphatic rings. The molecule has 0 aromatic heterocycles. The van der Waals surface area contributed by atoms with Gasteiger partial charge in [0, 0.05) is 69.4 Å². The van der Waals surface area contributed by atoms with Crippen LogP contribution in [0.25, 0.3) is 17.2 Å². The Balaban J connectivity index is 1.64. The molecule has 4 N–H and O–H groups in total. The summed E-state index contributed by atoms with van der Waals surface area (Å²) in [4.78, 5) is 32.7. The SMILES string of the molecule is CCCN(CCC)C(=O)C1=Cc2ccc(-c3ccc(CN(C)CCOCCC(=O)O)c(S(=O)(=O)N4CC(CO)C4)c3)cc2N=C(N)C1. The van der Waals surface area contributed by atoms with Crippen LogP contribution < -0.4 is 5.73 Å². The smallest absolute Gasteiger partial charge is 0.305 e. The van der Waals surface area contributed by atoms with Crippen LogP contribution in [0.4, 0.5) is 5.69 Å². The average Bonchev–Trinajstić information content (AvgIpc) is 3.17. The average molecular weight is 670 g/mol. The minimum absolute atomic E-state index is 0.0413. The van der Waals surface area contributed by atoms with Crippen LogP contribution in [-0.4, -0.2) is 110 Å². The third kappa shape index (κ3) is 9.26. The van der Waals surface area contributed by atoms with Gasteiger partial charge in [-0.1, -0.05) is 38.1 Å². The van der Waals surface area contributed by atoms with Crippen molar-refractivity contribution in [2.75, 3.05) is 59.6 Å². The third-order valence-corrected chi connectivity index (χ3v) is 10.2. The molecule has 2 aromatic carbocycles.